The van der Waals surface area contributed by atoms with Crippen molar-refractivity contribution in [2.45, 2.75) is 32.6 Å². The maximum Gasteiger partial charge on any atom is 0.433 e. The van der Waals surface area contributed by atoms with Crippen LogP contribution in [0.15, 0.2) is 12.1 Å². The monoisotopic (exact) mass is 291 g/mol. The second-order valence-corrected chi connectivity index (χ2v) is 4.66. The van der Waals surface area contributed by atoms with Crippen molar-refractivity contribution < 1.29 is 17.9 Å². The number of nitrogens with zero attached hydrogens (tertiary/aromatic N) is 2. The number of aromatic nitrogens is 1. The van der Waals surface area contributed by atoms with E-state index in [9.17, 15) is 13.2 Å². The number of hydrogen-bond donors (Lipinski definition) is 1. The van der Waals surface area contributed by atoms with Crippen LogP contribution < -0.4 is 10.6 Å². The van der Waals surface area contributed by atoms with Gasteiger partial charge in [-0.25, -0.2) is 4.98 Å². The predicted octanol–water partition coefficient (Wildman–Crippen LogP) is 2.42. The van der Waals surface area contributed by atoms with Gasteiger partial charge in [-0.3, -0.25) is 0 Å². The van der Waals surface area contributed by atoms with Crippen LogP contribution in [0.5, 0.6) is 0 Å². The third kappa shape index (κ3) is 4.08. The first-order chi connectivity index (χ1) is 9.31. The second kappa shape index (κ2) is 6.90. The zero-order chi connectivity index (χ0) is 15.3. The summed E-state index contributed by atoms with van der Waals surface area (Å²) in [7, 11) is 1.54. The Morgan fingerprint density at radius 2 is 2.00 bits per heavy atom. The number of nitrogens with two attached hydrogens (primary N) is 1. The Labute approximate surface area is 116 Å². The van der Waals surface area contributed by atoms with E-state index in [1.165, 1.54) is 6.07 Å². The van der Waals surface area contributed by atoms with Crippen LogP contribution in [0.25, 0.3) is 0 Å². The quantitative estimate of drug-likeness (QED) is 0.874. The van der Waals surface area contributed by atoms with E-state index >= 15 is 0 Å². The molecule has 1 rings (SSSR count). The number of halogens is 3. The summed E-state index contributed by atoms with van der Waals surface area (Å²) in [6, 6.07) is 2.33. The first kappa shape index (κ1) is 16.7. The summed E-state index contributed by atoms with van der Waals surface area (Å²) in [6.07, 6.45) is -4.47. The minimum atomic E-state index is -4.47. The van der Waals surface area contributed by atoms with Gasteiger partial charge in [0, 0.05) is 31.8 Å². The molecule has 0 fully saturated rings. The van der Waals surface area contributed by atoms with Gasteiger partial charge >= 0.3 is 6.18 Å². The van der Waals surface area contributed by atoms with Crippen molar-refractivity contribution in [2.75, 3.05) is 25.2 Å². The zero-order valence-electron chi connectivity index (χ0n) is 11.9. The lowest BCUT2D eigenvalue weighted by Crippen LogP contribution is -2.36. The van der Waals surface area contributed by atoms with Crippen LogP contribution in [0.2, 0.25) is 0 Å². The molecule has 0 aliphatic rings. The van der Waals surface area contributed by atoms with Crippen molar-refractivity contribution in [1.29, 1.82) is 0 Å². The fourth-order valence-electron chi connectivity index (χ4n) is 1.84. The number of rotatable bonds is 6. The van der Waals surface area contributed by atoms with Gasteiger partial charge in [-0.2, -0.15) is 13.2 Å². The van der Waals surface area contributed by atoms with Crippen LogP contribution in [0, 0.1) is 0 Å². The molecule has 4 nitrogen and oxygen atoms in total. The predicted molar refractivity (Wildman–Crippen MR) is 71.5 cm³/mol. The zero-order valence-corrected chi connectivity index (χ0v) is 11.9. The number of alkyl halides is 3. The largest absolute Gasteiger partial charge is 0.433 e. The lowest BCUT2D eigenvalue weighted by Gasteiger charge is -2.30. The summed E-state index contributed by atoms with van der Waals surface area (Å²) >= 11 is 0. The maximum absolute atomic E-state index is 12.8. The highest BCUT2D eigenvalue weighted by atomic mass is 19.4. The van der Waals surface area contributed by atoms with Gasteiger partial charge in [0.05, 0.1) is 6.61 Å². The molecule has 0 aliphatic heterocycles. The van der Waals surface area contributed by atoms with Gasteiger partial charge in [0.2, 0.25) is 0 Å². The molecule has 0 spiro atoms. The molecule has 0 amide bonds. The highest BCUT2D eigenvalue weighted by Gasteiger charge is 2.33. The Kier molecular flexibility index (Phi) is 5.76. The number of hydrogen-bond acceptors (Lipinski definition) is 4. The molecule has 0 saturated carbocycles. The van der Waals surface area contributed by atoms with Crippen molar-refractivity contribution in [1.82, 2.24) is 4.98 Å². The normalized spacial score (nSPS) is 12.0. The van der Waals surface area contributed by atoms with E-state index < -0.39 is 11.9 Å². The lowest BCUT2D eigenvalue weighted by molar-refractivity contribution is -0.141. The van der Waals surface area contributed by atoms with E-state index in [2.05, 4.69) is 4.98 Å². The van der Waals surface area contributed by atoms with Gasteiger partial charge in [0.1, 0.15) is 11.5 Å². The van der Waals surface area contributed by atoms with Gasteiger partial charge in [-0.15, -0.1) is 0 Å². The molecular weight excluding hydrogens is 271 g/mol. The molecular formula is C13H20F3N3O. The Hall–Kier alpha value is -1.34. The Morgan fingerprint density at radius 1 is 1.35 bits per heavy atom. The van der Waals surface area contributed by atoms with Crippen molar-refractivity contribution in [3.8, 4) is 0 Å². The third-order valence-corrected chi connectivity index (χ3v) is 2.90. The molecule has 0 atom stereocenters. The summed E-state index contributed by atoms with van der Waals surface area (Å²) in [5.41, 5.74) is 5.27. The molecule has 0 aliphatic carbocycles. The van der Waals surface area contributed by atoms with Gasteiger partial charge in [-0.1, -0.05) is 6.07 Å². The molecule has 2 N–H and O–H groups in total. The number of methoxy groups -OCH3 is 1. The third-order valence-electron chi connectivity index (χ3n) is 2.90. The molecule has 0 radical (unpaired) electrons. The molecule has 7 heteroatoms. The fourth-order valence-corrected chi connectivity index (χ4v) is 1.84. The Morgan fingerprint density at radius 3 is 2.45 bits per heavy atom. The molecule has 1 heterocycles. The highest BCUT2D eigenvalue weighted by molar-refractivity contribution is 5.49. The van der Waals surface area contributed by atoms with E-state index in [1.807, 2.05) is 13.8 Å². The number of ether oxygens (including phenoxy) is 1. The average Bonchev–Trinajstić information content (AvgIpc) is 2.37. The molecule has 0 unspecified atom stereocenters. The molecule has 0 bridgehead atoms. The second-order valence-electron chi connectivity index (χ2n) is 4.66. The van der Waals surface area contributed by atoms with Crippen molar-refractivity contribution in [3.63, 3.8) is 0 Å². The molecule has 1 aromatic rings. The minimum absolute atomic E-state index is 0.00793. The van der Waals surface area contributed by atoms with Crippen molar-refractivity contribution in [2.24, 2.45) is 5.73 Å². The Balaban J connectivity index is 3.22. The number of pyridine rings is 1. The van der Waals surface area contributed by atoms with E-state index in [4.69, 9.17) is 10.5 Å². The van der Waals surface area contributed by atoms with Gasteiger partial charge in [0.15, 0.2) is 0 Å². The van der Waals surface area contributed by atoms with Gasteiger partial charge in [0.25, 0.3) is 0 Å². The Bertz CT molecular complexity index is 435. The van der Waals surface area contributed by atoms with Gasteiger partial charge in [-0.05, 0) is 19.9 Å². The number of anilines is 1. The maximum atomic E-state index is 12.8. The molecule has 0 saturated heterocycles. The standard InChI is InChI=1S/C13H20F3N3O/c1-9(2)19(6-7-20-3)12-10(8-17)4-5-11(18-12)13(14,15)16/h4-5,9H,6-8,17H2,1-3H3. The highest BCUT2D eigenvalue weighted by Crippen LogP contribution is 2.31. The summed E-state index contributed by atoms with van der Waals surface area (Å²) in [6.45, 7) is 4.77. The molecule has 0 aromatic carbocycles. The summed E-state index contributed by atoms with van der Waals surface area (Å²) in [5.74, 6) is 0.273. The summed E-state index contributed by atoms with van der Waals surface area (Å²) < 4.78 is 43.3. The van der Waals surface area contributed by atoms with Crippen LogP contribution in [0.4, 0.5) is 19.0 Å². The smallest absolute Gasteiger partial charge is 0.383 e. The molecule has 114 valence electrons. The fraction of sp³-hybridized carbons (Fsp3) is 0.615. The van der Waals surface area contributed by atoms with Crippen molar-refractivity contribution >= 4 is 5.82 Å². The van der Waals surface area contributed by atoms with Crippen LogP contribution in [0.3, 0.4) is 0 Å². The minimum Gasteiger partial charge on any atom is -0.383 e. The van der Waals surface area contributed by atoms with Crippen LogP contribution in [-0.4, -0.2) is 31.3 Å². The van der Waals surface area contributed by atoms with Gasteiger partial charge < -0.3 is 15.4 Å². The van der Waals surface area contributed by atoms with E-state index in [-0.39, 0.29) is 18.4 Å². The summed E-state index contributed by atoms with van der Waals surface area (Å²) in [5, 5.41) is 0. The summed E-state index contributed by atoms with van der Waals surface area (Å²) in [4.78, 5) is 5.52. The van der Waals surface area contributed by atoms with Crippen molar-refractivity contribution in [3.05, 3.63) is 23.4 Å². The first-order valence-corrected chi connectivity index (χ1v) is 6.34. The first-order valence-electron chi connectivity index (χ1n) is 6.34. The SMILES string of the molecule is COCCN(c1nc(C(F)(F)F)ccc1CN)C(C)C. The van der Waals surface area contributed by atoms with E-state index in [0.717, 1.165) is 6.07 Å². The lowest BCUT2D eigenvalue weighted by atomic mass is 10.2. The average molecular weight is 291 g/mol. The van der Waals surface area contributed by atoms with Crippen LogP contribution in [0.1, 0.15) is 25.1 Å². The topological polar surface area (TPSA) is 51.4 Å². The molecule has 20 heavy (non-hydrogen) atoms. The van der Waals surface area contributed by atoms with E-state index in [0.29, 0.717) is 18.7 Å². The van der Waals surface area contributed by atoms with Crippen LogP contribution >= 0.6 is 0 Å². The van der Waals surface area contributed by atoms with Crippen LogP contribution in [-0.2, 0) is 17.5 Å². The molecule has 1 aromatic heterocycles. The van der Waals surface area contributed by atoms with E-state index in [1.54, 1.807) is 12.0 Å².